The molecule has 1 heterocycles. The van der Waals surface area contributed by atoms with Gasteiger partial charge in [-0.2, -0.15) is 0 Å². The van der Waals surface area contributed by atoms with Crippen molar-refractivity contribution in [3.05, 3.63) is 0 Å². The summed E-state index contributed by atoms with van der Waals surface area (Å²) in [7, 11) is 0. The van der Waals surface area contributed by atoms with Crippen molar-refractivity contribution in [2.45, 2.75) is 57.2 Å². The zero-order chi connectivity index (χ0) is 11.6. The SMILES string of the molecule is CC1CN(CC2(O)CCCCC2)CCC1O. The predicted octanol–water partition coefficient (Wildman–Crippen LogP) is 1.38. The van der Waals surface area contributed by atoms with E-state index in [0.29, 0.717) is 5.92 Å². The average Bonchev–Trinajstić information content (AvgIpc) is 2.24. The highest BCUT2D eigenvalue weighted by Gasteiger charge is 2.33. The molecule has 2 N–H and O–H groups in total. The summed E-state index contributed by atoms with van der Waals surface area (Å²) in [6.45, 7) is 4.78. The molecule has 0 spiro atoms. The number of β-amino-alcohol motifs (C(OH)–C–C–N with tert-alkyl or cyclic N) is 1. The topological polar surface area (TPSA) is 43.7 Å². The van der Waals surface area contributed by atoms with E-state index in [1.54, 1.807) is 0 Å². The maximum Gasteiger partial charge on any atom is 0.0774 e. The molecule has 0 aromatic rings. The van der Waals surface area contributed by atoms with Crippen LogP contribution in [0, 0.1) is 5.92 Å². The molecule has 2 rings (SSSR count). The molecule has 0 radical (unpaired) electrons. The van der Waals surface area contributed by atoms with Crippen LogP contribution in [0.25, 0.3) is 0 Å². The lowest BCUT2D eigenvalue weighted by molar-refractivity contribution is -0.0490. The van der Waals surface area contributed by atoms with Gasteiger partial charge in [0.1, 0.15) is 0 Å². The first kappa shape index (κ1) is 12.3. The number of rotatable bonds is 2. The van der Waals surface area contributed by atoms with Gasteiger partial charge < -0.3 is 15.1 Å². The molecule has 2 unspecified atom stereocenters. The van der Waals surface area contributed by atoms with Gasteiger partial charge in [0, 0.05) is 19.6 Å². The highest BCUT2D eigenvalue weighted by Crippen LogP contribution is 2.30. The largest absolute Gasteiger partial charge is 0.393 e. The summed E-state index contributed by atoms with van der Waals surface area (Å²) < 4.78 is 0. The zero-order valence-corrected chi connectivity index (χ0v) is 10.4. The molecule has 1 aliphatic heterocycles. The smallest absolute Gasteiger partial charge is 0.0774 e. The summed E-state index contributed by atoms with van der Waals surface area (Å²) in [5, 5.41) is 20.1. The Morgan fingerprint density at radius 1 is 1.25 bits per heavy atom. The summed E-state index contributed by atoms with van der Waals surface area (Å²) in [6, 6.07) is 0. The van der Waals surface area contributed by atoms with Gasteiger partial charge in [-0.15, -0.1) is 0 Å². The van der Waals surface area contributed by atoms with Crippen LogP contribution in [0.2, 0.25) is 0 Å². The molecule has 3 heteroatoms. The molecule has 2 atom stereocenters. The van der Waals surface area contributed by atoms with E-state index in [2.05, 4.69) is 11.8 Å². The fourth-order valence-electron chi connectivity index (χ4n) is 3.15. The van der Waals surface area contributed by atoms with Crippen LogP contribution >= 0.6 is 0 Å². The zero-order valence-electron chi connectivity index (χ0n) is 10.4. The quantitative estimate of drug-likeness (QED) is 0.749. The van der Waals surface area contributed by atoms with E-state index in [9.17, 15) is 10.2 Å². The molecule has 2 fully saturated rings. The van der Waals surface area contributed by atoms with Crippen LogP contribution in [0.1, 0.15) is 45.4 Å². The van der Waals surface area contributed by atoms with Crippen LogP contribution in [-0.2, 0) is 0 Å². The summed E-state index contributed by atoms with van der Waals surface area (Å²) in [6.07, 6.45) is 6.25. The lowest BCUT2D eigenvalue weighted by Crippen LogP contribution is -2.50. The fourth-order valence-corrected chi connectivity index (χ4v) is 3.15. The van der Waals surface area contributed by atoms with E-state index in [1.807, 2.05) is 0 Å². The second-order valence-corrected chi connectivity index (χ2v) is 5.85. The summed E-state index contributed by atoms with van der Waals surface area (Å²) >= 11 is 0. The number of piperidine rings is 1. The molecular weight excluding hydrogens is 202 g/mol. The maximum absolute atomic E-state index is 10.5. The van der Waals surface area contributed by atoms with Crippen LogP contribution < -0.4 is 0 Å². The highest BCUT2D eigenvalue weighted by atomic mass is 16.3. The van der Waals surface area contributed by atoms with Crippen molar-refractivity contribution < 1.29 is 10.2 Å². The molecule has 0 amide bonds. The monoisotopic (exact) mass is 227 g/mol. The summed E-state index contributed by atoms with van der Waals surface area (Å²) in [5.74, 6) is 0.348. The molecule has 3 nitrogen and oxygen atoms in total. The van der Waals surface area contributed by atoms with Gasteiger partial charge in [-0.3, -0.25) is 0 Å². The number of likely N-dealkylation sites (tertiary alicyclic amines) is 1. The first-order chi connectivity index (χ1) is 7.59. The van der Waals surface area contributed by atoms with Gasteiger partial charge in [0.2, 0.25) is 0 Å². The van der Waals surface area contributed by atoms with Crippen LogP contribution in [0.3, 0.4) is 0 Å². The van der Waals surface area contributed by atoms with Crippen molar-refractivity contribution in [3.63, 3.8) is 0 Å². The second kappa shape index (κ2) is 5.03. The Hall–Kier alpha value is -0.120. The molecular formula is C13H25NO2. The minimum Gasteiger partial charge on any atom is -0.393 e. The van der Waals surface area contributed by atoms with Gasteiger partial charge in [0.05, 0.1) is 11.7 Å². The van der Waals surface area contributed by atoms with Gasteiger partial charge in [0.15, 0.2) is 0 Å². The van der Waals surface area contributed by atoms with Crippen LogP contribution in [-0.4, -0.2) is 46.5 Å². The van der Waals surface area contributed by atoms with Crippen molar-refractivity contribution in [1.29, 1.82) is 0 Å². The number of aliphatic hydroxyl groups excluding tert-OH is 1. The van der Waals surface area contributed by atoms with Crippen LogP contribution in [0.5, 0.6) is 0 Å². The Kier molecular flexibility index (Phi) is 3.88. The van der Waals surface area contributed by atoms with Crippen molar-refractivity contribution in [1.82, 2.24) is 4.90 Å². The normalized spacial score (nSPS) is 36.2. The number of aliphatic hydroxyl groups is 2. The third-order valence-corrected chi connectivity index (χ3v) is 4.25. The maximum atomic E-state index is 10.5. The van der Waals surface area contributed by atoms with Gasteiger partial charge in [-0.05, 0) is 25.2 Å². The van der Waals surface area contributed by atoms with Gasteiger partial charge in [-0.1, -0.05) is 26.2 Å². The van der Waals surface area contributed by atoms with Crippen molar-refractivity contribution in [3.8, 4) is 0 Å². The standard InChI is InChI=1S/C13H25NO2/c1-11-9-14(8-5-12(11)15)10-13(16)6-3-2-4-7-13/h11-12,15-16H,2-10H2,1H3. The molecule has 1 aliphatic carbocycles. The predicted molar refractivity (Wildman–Crippen MR) is 64.3 cm³/mol. The third-order valence-electron chi connectivity index (χ3n) is 4.25. The Morgan fingerprint density at radius 3 is 2.56 bits per heavy atom. The van der Waals surface area contributed by atoms with E-state index in [-0.39, 0.29) is 6.10 Å². The van der Waals surface area contributed by atoms with Crippen LogP contribution in [0.4, 0.5) is 0 Å². The molecule has 16 heavy (non-hydrogen) atoms. The lowest BCUT2D eigenvalue weighted by atomic mass is 9.83. The summed E-state index contributed by atoms with van der Waals surface area (Å²) in [4.78, 5) is 2.34. The van der Waals surface area contributed by atoms with Crippen molar-refractivity contribution >= 4 is 0 Å². The Labute approximate surface area is 98.5 Å². The van der Waals surface area contributed by atoms with E-state index in [0.717, 1.165) is 38.9 Å². The third kappa shape index (κ3) is 2.96. The summed E-state index contributed by atoms with van der Waals surface area (Å²) in [5.41, 5.74) is -0.444. The van der Waals surface area contributed by atoms with Crippen molar-refractivity contribution in [2.75, 3.05) is 19.6 Å². The molecule has 0 aromatic carbocycles. The number of nitrogens with zero attached hydrogens (tertiary/aromatic N) is 1. The van der Waals surface area contributed by atoms with E-state index < -0.39 is 5.60 Å². The Morgan fingerprint density at radius 2 is 1.94 bits per heavy atom. The minimum absolute atomic E-state index is 0.141. The van der Waals surface area contributed by atoms with E-state index in [1.165, 1.54) is 19.3 Å². The van der Waals surface area contributed by atoms with Gasteiger partial charge >= 0.3 is 0 Å². The lowest BCUT2D eigenvalue weighted by Gasteiger charge is -2.41. The van der Waals surface area contributed by atoms with Gasteiger partial charge in [-0.25, -0.2) is 0 Å². The molecule has 94 valence electrons. The molecule has 1 saturated heterocycles. The molecule has 2 aliphatic rings. The molecule has 0 aromatic heterocycles. The molecule has 0 bridgehead atoms. The molecule has 1 saturated carbocycles. The minimum atomic E-state index is -0.444. The first-order valence-corrected chi connectivity index (χ1v) is 6.72. The Balaban J connectivity index is 1.84. The Bertz CT molecular complexity index is 226. The van der Waals surface area contributed by atoms with Crippen molar-refractivity contribution in [2.24, 2.45) is 5.92 Å². The average molecular weight is 227 g/mol. The van der Waals surface area contributed by atoms with Crippen LogP contribution in [0.15, 0.2) is 0 Å². The van der Waals surface area contributed by atoms with E-state index in [4.69, 9.17) is 0 Å². The first-order valence-electron chi connectivity index (χ1n) is 6.72. The number of hydrogen-bond acceptors (Lipinski definition) is 3. The number of hydrogen-bond donors (Lipinski definition) is 2. The fraction of sp³-hybridized carbons (Fsp3) is 1.00. The van der Waals surface area contributed by atoms with E-state index >= 15 is 0 Å². The second-order valence-electron chi connectivity index (χ2n) is 5.85. The van der Waals surface area contributed by atoms with Gasteiger partial charge in [0.25, 0.3) is 0 Å². The highest BCUT2D eigenvalue weighted by molar-refractivity contribution is 4.88.